The molecule has 0 aliphatic rings. The maximum absolute atomic E-state index is 5.32. The van der Waals surface area contributed by atoms with Crippen molar-refractivity contribution in [3.8, 4) is 44.9 Å². The Hall–Kier alpha value is -6.19. The van der Waals surface area contributed by atoms with Crippen molar-refractivity contribution in [3.63, 3.8) is 0 Å². The van der Waals surface area contributed by atoms with Gasteiger partial charge in [-0.2, -0.15) is 0 Å². The molecule has 0 N–H and O–H groups in total. The minimum atomic E-state index is 0.906. The van der Waals surface area contributed by atoms with Crippen LogP contribution >= 0.6 is 0 Å². The molecule has 3 nitrogen and oxygen atoms in total. The van der Waals surface area contributed by atoms with Crippen LogP contribution in [0.3, 0.4) is 0 Å². The lowest BCUT2D eigenvalue weighted by Crippen LogP contribution is -1.93. The van der Waals surface area contributed by atoms with Crippen LogP contribution in [-0.4, -0.2) is 15.0 Å². The molecule has 0 amide bonds. The number of rotatable bonds is 4. The average molecular weight is 586 g/mol. The van der Waals surface area contributed by atoms with Crippen molar-refractivity contribution in [2.24, 2.45) is 0 Å². The molecule has 3 aromatic heterocycles. The van der Waals surface area contributed by atoms with Crippen LogP contribution in [0.5, 0.6) is 0 Å². The fraction of sp³-hybridized carbons (Fsp3) is 0. The van der Waals surface area contributed by atoms with Gasteiger partial charge in [-0.05, 0) is 52.2 Å². The summed E-state index contributed by atoms with van der Waals surface area (Å²) in [6, 6.07) is 57.2. The maximum atomic E-state index is 5.32. The molecule has 0 radical (unpaired) electrons. The molecule has 0 unspecified atom stereocenters. The minimum absolute atomic E-state index is 0.906. The van der Waals surface area contributed by atoms with E-state index < -0.39 is 0 Å². The summed E-state index contributed by atoms with van der Waals surface area (Å²) in [5, 5.41) is 5.60. The Labute approximate surface area is 266 Å². The summed E-state index contributed by atoms with van der Waals surface area (Å²) in [6.45, 7) is 0. The third-order valence-electron chi connectivity index (χ3n) is 8.87. The highest BCUT2D eigenvalue weighted by molar-refractivity contribution is 6.18. The van der Waals surface area contributed by atoms with E-state index in [1.165, 1.54) is 16.5 Å². The Morgan fingerprint density at radius 1 is 0.304 bits per heavy atom. The molecule has 0 saturated carbocycles. The van der Waals surface area contributed by atoms with Crippen molar-refractivity contribution in [1.82, 2.24) is 15.0 Å². The standard InChI is InChI=1S/C43H27N3/c1-4-10-28(11-5-1)33-20-21-34(35-22-27-40-36(41(33)35)23-26-37(44-40)29-12-6-2-7-13-29)39-25-19-32-17-16-31-18-24-38(30-14-8-3-9-15-30)45-42(31)43(32)46-39/h1-27H. The van der Waals surface area contributed by atoms with Crippen LogP contribution in [0.2, 0.25) is 0 Å². The molecular weight excluding hydrogens is 558 g/mol. The summed E-state index contributed by atoms with van der Waals surface area (Å²) >= 11 is 0. The highest BCUT2D eigenvalue weighted by Gasteiger charge is 2.16. The van der Waals surface area contributed by atoms with Gasteiger partial charge in [0.25, 0.3) is 0 Å². The second-order valence-electron chi connectivity index (χ2n) is 11.6. The van der Waals surface area contributed by atoms with Gasteiger partial charge in [0.15, 0.2) is 0 Å². The Bertz CT molecular complexity index is 2560. The predicted octanol–water partition coefficient (Wildman–Crippen LogP) is 11.2. The quantitative estimate of drug-likeness (QED) is 0.193. The highest BCUT2D eigenvalue weighted by atomic mass is 14.8. The van der Waals surface area contributed by atoms with Crippen LogP contribution in [-0.2, 0) is 0 Å². The summed E-state index contributed by atoms with van der Waals surface area (Å²) in [5.74, 6) is 0. The number of pyridine rings is 3. The molecular formula is C43H27N3. The van der Waals surface area contributed by atoms with E-state index >= 15 is 0 Å². The summed E-state index contributed by atoms with van der Waals surface area (Å²) in [6.07, 6.45) is 0. The van der Waals surface area contributed by atoms with Crippen molar-refractivity contribution >= 4 is 43.5 Å². The Kier molecular flexibility index (Phi) is 6.14. The van der Waals surface area contributed by atoms with Gasteiger partial charge >= 0.3 is 0 Å². The number of fused-ring (bicyclic) bond motifs is 6. The van der Waals surface area contributed by atoms with Crippen LogP contribution in [0.1, 0.15) is 0 Å². The van der Waals surface area contributed by atoms with Gasteiger partial charge in [-0.3, -0.25) is 0 Å². The lowest BCUT2D eigenvalue weighted by atomic mass is 9.91. The Morgan fingerprint density at radius 3 is 1.43 bits per heavy atom. The van der Waals surface area contributed by atoms with Gasteiger partial charge in [0.05, 0.1) is 33.6 Å². The fourth-order valence-corrected chi connectivity index (χ4v) is 6.60. The van der Waals surface area contributed by atoms with Gasteiger partial charge < -0.3 is 0 Å². The SMILES string of the molecule is c1ccc(-c2ccc3c(ccc4c(-c5ccc6ccc7ccc(-c8ccccc8)nc7c6n5)ccc(-c5ccccc5)c43)n2)cc1. The fourth-order valence-electron chi connectivity index (χ4n) is 6.60. The van der Waals surface area contributed by atoms with E-state index in [2.05, 4.69) is 140 Å². The summed E-state index contributed by atoms with van der Waals surface area (Å²) < 4.78 is 0. The molecule has 0 aliphatic heterocycles. The normalized spacial score (nSPS) is 11.5. The van der Waals surface area contributed by atoms with Crippen LogP contribution in [0.15, 0.2) is 164 Å². The van der Waals surface area contributed by atoms with Gasteiger partial charge in [0, 0.05) is 32.8 Å². The molecule has 9 aromatic rings. The van der Waals surface area contributed by atoms with Gasteiger partial charge in [-0.25, -0.2) is 15.0 Å². The number of benzene rings is 6. The topological polar surface area (TPSA) is 38.7 Å². The number of aromatic nitrogens is 3. The molecule has 0 spiro atoms. The highest BCUT2D eigenvalue weighted by Crippen LogP contribution is 2.40. The van der Waals surface area contributed by atoms with E-state index in [0.717, 1.165) is 71.9 Å². The lowest BCUT2D eigenvalue weighted by Gasteiger charge is -2.15. The monoisotopic (exact) mass is 585 g/mol. The first-order valence-corrected chi connectivity index (χ1v) is 15.5. The number of nitrogens with zero attached hydrogens (tertiary/aromatic N) is 3. The van der Waals surface area contributed by atoms with E-state index in [0.29, 0.717) is 0 Å². The van der Waals surface area contributed by atoms with Crippen LogP contribution < -0.4 is 0 Å². The third-order valence-corrected chi connectivity index (χ3v) is 8.87. The zero-order valence-electron chi connectivity index (χ0n) is 24.9. The van der Waals surface area contributed by atoms with Crippen LogP contribution in [0.25, 0.3) is 88.4 Å². The predicted molar refractivity (Wildman–Crippen MR) is 192 cm³/mol. The maximum Gasteiger partial charge on any atom is 0.0972 e. The second kappa shape index (κ2) is 10.8. The summed E-state index contributed by atoms with van der Waals surface area (Å²) in [7, 11) is 0. The lowest BCUT2D eigenvalue weighted by molar-refractivity contribution is 1.37. The van der Waals surface area contributed by atoms with Crippen molar-refractivity contribution in [3.05, 3.63) is 164 Å². The van der Waals surface area contributed by atoms with Gasteiger partial charge in [-0.1, -0.05) is 133 Å². The van der Waals surface area contributed by atoms with E-state index in [1.54, 1.807) is 0 Å². The zero-order chi connectivity index (χ0) is 30.5. The van der Waals surface area contributed by atoms with E-state index in [4.69, 9.17) is 15.0 Å². The molecule has 0 aliphatic carbocycles. The molecule has 9 rings (SSSR count). The smallest absolute Gasteiger partial charge is 0.0972 e. The van der Waals surface area contributed by atoms with Crippen molar-refractivity contribution in [1.29, 1.82) is 0 Å². The first-order chi connectivity index (χ1) is 22.8. The third kappa shape index (κ3) is 4.41. The zero-order valence-corrected chi connectivity index (χ0v) is 24.9. The molecule has 46 heavy (non-hydrogen) atoms. The van der Waals surface area contributed by atoms with Crippen molar-refractivity contribution < 1.29 is 0 Å². The molecule has 3 heteroatoms. The summed E-state index contributed by atoms with van der Waals surface area (Å²) in [5.41, 5.74) is 11.3. The molecule has 214 valence electrons. The summed E-state index contributed by atoms with van der Waals surface area (Å²) in [4.78, 5) is 15.6. The van der Waals surface area contributed by atoms with Gasteiger partial charge in [-0.15, -0.1) is 0 Å². The first kappa shape index (κ1) is 26.2. The molecule has 0 fully saturated rings. The largest absolute Gasteiger partial charge is 0.248 e. The molecule has 0 atom stereocenters. The number of hydrogen-bond donors (Lipinski definition) is 0. The van der Waals surface area contributed by atoms with E-state index in [1.807, 2.05) is 24.3 Å². The van der Waals surface area contributed by atoms with Crippen LogP contribution in [0, 0.1) is 0 Å². The van der Waals surface area contributed by atoms with Crippen molar-refractivity contribution in [2.45, 2.75) is 0 Å². The van der Waals surface area contributed by atoms with E-state index in [-0.39, 0.29) is 0 Å². The minimum Gasteiger partial charge on any atom is -0.248 e. The average Bonchev–Trinajstić information content (AvgIpc) is 3.14. The second-order valence-corrected chi connectivity index (χ2v) is 11.6. The van der Waals surface area contributed by atoms with Gasteiger partial charge in [0.2, 0.25) is 0 Å². The van der Waals surface area contributed by atoms with Gasteiger partial charge in [0.1, 0.15) is 0 Å². The van der Waals surface area contributed by atoms with Crippen molar-refractivity contribution in [2.75, 3.05) is 0 Å². The molecule has 0 bridgehead atoms. The Morgan fingerprint density at radius 2 is 0.783 bits per heavy atom. The molecule has 3 heterocycles. The molecule has 6 aromatic carbocycles. The van der Waals surface area contributed by atoms with E-state index in [9.17, 15) is 0 Å². The Balaban J connectivity index is 1.28. The van der Waals surface area contributed by atoms with Crippen LogP contribution in [0.4, 0.5) is 0 Å². The molecule has 0 saturated heterocycles. The first-order valence-electron chi connectivity index (χ1n) is 15.5. The number of hydrogen-bond acceptors (Lipinski definition) is 3.